The summed E-state index contributed by atoms with van der Waals surface area (Å²) in [6, 6.07) is 11.4. The first-order chi connectivity index (χ1) is 17.2. The monoisotopic (exact) mass is 520 g/mol. The Labute approximate surface area is 211 Å². The number of aromatic nitrogens is 3. The van der Waals surface area contributed by atoms with Crippen LogP contribution >= 0.6 is 11.8 Å². The first kappa shape index (κ1) is 27.2. The molecule has 0 aliphatic heterocycles. The van der Waals surface area contributed by atoms with Crippen LogP contribution in [0.3, 0.4) is 0 Å². The second-order valence-electron chi connectivity index (χ2n) is 8.14. The summed E-state index contributed by atoms with van der Waals surface area (Å²) in [6.45, 7) is 2.11. The molecule has 12 heteroatoms. The minimum Gasteiger partial charge on any atom is -0.346 e. The van der Waals surface area contributed by atoms with Gasteiger partial charge < -0.3 is 15.2 Å². The number of benzene rings is 2. The predicted octanol–water partition coefficient (Wildman–Crippen LogP) is 3.60. The summed E-state index contributed by atoms with van der Waals surface area (Å²) in [5.74, 6) is -5.08. The molecule has 0 spiro atoms. The number of carbonyl (C=O) groups is 2. The summed E-state index contributed by atoms with van der Waals surface area (Å²) in [7, 11) is 3.93. The molecule has 0 fully saturated rings. The molecule has 1 atom stereocenters. The summed E-state index contributed by atoms with van der Waals surface area (Å²) in [4.78, 5) is 26.4. The fourth-order valence-electron chi connectivity index (χ4n) is 3.52. The first-order valence-electron chi connectivity index (χ1n) is 11.2. The predicted molar refractivity (Wildman–Crippen MR) is 131 cm³/mol. The third-order valence-electron chi connectivity index (χ3n) is 5.32. The molecule has 3 rings (SSSR count). The van der Waals surface area contributed by atoms with E-state index in [0.717, 1.165) is 23.9 Å². The van der Waals surface area contributed by atoms with Crippen molar-refractivity contribution in [2.75, 3.05) is 31.7 Å². The van der Waals surface area contributed by atoms with Crippen LogP contribution in [0.1, 0.15) is 30.8 Å². The Morgan fingerprint density at radius 3 is 2.42 bits per heavy atom. The number of thioether (sulfide) groups is 1. The van der Waals surface area contributed by atoms with Crippen LogP contribution in [0.15, 0.2) is 47.6 Å². The van der Waals surface area contributed by atoms with E-state index in [-0.39, 0.29) is 11.8 Å². The molecule has 0 aliphatic carbocycles. The van der Waals surface area contributed by atoms with Crippen molar-refractivity contribution in [2.24, 2.45) is 0 Å². The molecule has 0 saturated heterocycles. The van der Waals surface area contributed by atoms with E-state index < -0.39 is 41.5 Å². The Hall–Kier alpha value is -3.38. The lowest BCUT2D eigenvalue weighted by molar-refractivity contribution is -0.122. The number of halogens is 3. The van der Waals surface area contributed by atoms with Gasteiger partial charge in [0.2, 0.25) is 11.8 Å². The van der Waals surface area contributed by atoms with Crippen LogP contribution in [0.5, 0.6) is 0 Å². The lowest BCUT2D eigenvalue weighted by Gasteiger charge is -2.23. The van der Waals surface area contributed by atoms with Crippen LogP contribution < -0.4 is 10.6 Å². The second-order valence-corrected chi connectivity index (χ2v) is 9.08. The molecular formula is C24H27F3N6O2S. The molecule has 2 amide bonds. The Bertz CT molecular complexity index is 1210. The average molecular weight is 521 g/mol. The molecule has 0 aliphatic rings. The van der Waals surface area contributed by atoms with E-state index in [4.69, 9.17) is 0 Å². The van der Waals surface area contributed by atoms with Gasteiger partial charge in [-0.25, -0.2) is 13.2 Å². The zero-order valence-corrected chi connectivity index (χ0v) is 20.9. The number of hydrogen-bond donors (Lipinski definition) is 2. The van der Waals surface area contributed by atoms with Crippen molar-refractivity contribution in [2.45, 2.75) is 31.1 Å². The molecule has 1 aromatic heterocycles. The lowest BCUT2D eigenvalue weighted by atomic mass is 10.2. The Morgan fingerprint density at radius 1 is 1.03 bits per heavy atom. The average Bonchev–Trinajstić information content (AvgIpc) is 3.24. The van der Waals surface area contributed by atoms with Gasteiger partial charge in [0.05, 0.1) is 30.6 Å². The van der Waals surface area contributed by atoms with E-state index >= 15 is 0 Å². The highest BCUT2D eigenvalue weighted by atomic mass is 32.2. The van der Waals surface area contributed by atoms with Crippen molar-refractivity contribution >= 4 is 29.3 Å². The Balaban J connectivity index is 1.62. The van der Waals surface area contributed by atoms with Gasteiger partial charge in [0, 0.05) is 0 Å². The minimum absolute atomic E-state index is 0.0322. The molecule has 0 radical (unpaired) electrons. The van der Waals surface area contributed by atoms with Gasteiger partial charge in [0.25, 0.3) is 0 Å². The van der Waals surface area contributed by atoms with Gasteiger partial charge in [-0.15, -0.1) is 10.2 Å². The van der Waals surface area contributed by atoms with Crippen LogP contribution in [0.2, 0.25) is 0 Å². The normalized spacial score (nSPS) is 12.0. The SMILES string of the molecule is CCC(c1nnc(SCC(=O)NCC(=O)Nc2ccc(F)c(F)c2F)n1Cc1ccccc1)N(C)C. The number of hydrogen-bond acceptors (Lipinski definition) is 6. The highest BCUT2D eigenvalue weighted by molar-refractivity contribution is 7.99. The standard InChI is InChI=1S/C24H27F3N6O2S/c1-4-18(32(2)3)23-30-31-24(33(23)13-15-8-6-5-7-9-15)36-14-20(35)28-12-19(34)29-17-11-10-16(25)21(26)22(17)27/h5-11,18H,4,12-14H2,1-3H3,(H,28,35)(H,29,34). The van der Waals surface area contributed by atoms with Crippen molar-refractivity contribution in [1.29, 1.82) is 0 Å². The van der Waals surface area contributed by atoms with E-state index in [0.29, 0.717) is 17.8 Å². The van der Waals surface area contributed by atoms with Crippen LogP contribution in [0, 0.1) is 17.5 Å². The third kappa shape index (κ3) is 6.85. The molecule has 8 nitrogen and oxygen atoms in total. The zero-order valence-electron chi connectivity index (χ0n) is 20.1. The van der Waals surface area contributed by atoms with Crippen molar-refractivity contribution < 1.29 is 22.8 Å². The highest BCUT2D eigenvalue weighted by Crippen LogP contribution is 2.26. The summed E-state index contributed by atoms with van der Waals surface area (Å²) in [5.41, 5.74) is 0.537. The van der Waals surface area contributed by atoms with Crippen LogP contribution in [0.25, 0.3) is 0 Å². The quantitative estimate of drug-likeness (QED) is 0.297. The van der Waals surface area contributed by atoms with Crippen molar-refractivity contribution in [3.8, 4) is 0 Å². The van der Waals surface area contributed by atoms with Crippen molar-refractivity contribution in [1.82, 2.24) is 25.0 Å². The number of anilines is 1. The van der Waals surface area contributed by atoms with E-state index in [9.17, 15) is 22.8 Å². The van der Waals surface area contributed by atoms with Crippen LogP contribution in [0.4, 0.5) is 18.9 Å². The summed E-state index contributed by atoms with van der Waals surface area (Å²) in [6.07, 6.45) is 0.818. The van der Waals surface area contributed by atoms with Crippen molar-refractivity contribution in [3.05, 3.63) is 71.3 Å². The molecule has 0 bridgehead atoms. The minimum atomic E-state index is -1.69. The molecule has 2 aromatic carbocycles. The zero-order chi connectivity index (χ0) is 26.2. The molecule has 192 valence electrons. The highest BCUT2D eigenvalue weighted by Gasteiger charge is 2.23. The molecule has 1 heterocycles. The van der Waals surface area contributed by atoms with E-state index in [1.807, 2.05) is 49.0 Å². The Kier molecular flexibility index (Phi) is 9.48. The summed E-state index contributed by atoms with van der Waals surface area (Å²) in [5, 5.41) is 13.8. The smallest absolute Gasteiger partial charge is 0.243 e. The summed E-state index contributed by atoms with van der Waals surface area (Å²) >= 11 is 1.17. The molecule has 0 saturated carbocycles. The largest absolute Gasteiger partial charge is 0.346 e. The van der Waals surface area contributed by atoms with E-state index in [2.05, 4.69) is 32.7 Å². The van der Waals surface area contributed by atoms with E-state index in [1.165, 1.54) is 11.8 Å². The maximum absolute atomic E-state index is 13.7. The Morgan fingerprint density at radius 2 is 1.75 bits per heavy atom. The van der Waals surface area contributed by atoms with Gasteiger partial charge >= 0.3 is 0 Å². The van der Waals surface area contributed by atoms with Crippen LogP contribution in [-0.4, -0.2) is 57.9 Å². The maximum atomic E-state index is 13.7. The van der Waals surface area contributed by atoms with Crippen LogP contribution in [-0.2, 0) is 16.1 Å². The molecular weight excluding hydrogens is 493 g/mol. The van der Waals surface area contributed by atoms with Gasteiger partial charge in [-0.1, -0.05) is 49.0 Å². The van der Waals surface area contributed by atoms with Gasteiger partial charge in [-0.2, -0.15) is 0 Å². The van der Waals surface area contributed by atoms with Gasteiger partial charge in [-0.3, -0.25) is 14.5 Å². The fourth-order valence-corrected chi connectivity index (χ4v) is 4.30. The number of carbonyl (C=O) groups excluding carboxylic acids is 2. The molecule has 36 heavy (non-hydrogen) atoms. The van der Waals surface area contributed by atoms with Gasteiger partial charge in [-0.05, 0) is 38.2 Å². The van der Waals surface area contributed by atoms with E-state index in [1.54, 1.807) is 0 Å². The van der Waals surface area contributed by atoms with Gasteiger partial charge in [0.1, 0.15) is 0 Å². The second kappa shape index (κ2) is 12.5. The number of amides is 2. The molecule has 1 unspecified atom stereocenters. The fraction of sp³-hybridized carbons (Fsp3) is 0.333. The molecule has 3 aromatic rings. The summed E-state index contributed by atoms with van der Waals surface area (Å²) < 4.78 is 42.0. The maximum Gasteiger partial charge on any atom is 0.243 e. The van der Waals surface area contributed by atoms with Gasteiger partial charge in [0.15, 0.2) is 28.4 Å². The van der Waals surface area contributed by atoms with Crippen molar-refractivity contribution in [3.63, 3.8) is 0 Å². The lowest BCUT2D eigenvalue weighted by Crippen LogP contribution is -2.34. The molecule has 2 N–H and O–H groups in total. The number of nitrogens with one attached hydrogen (secondary N) is 2. The third-order valence-corrected chi connectivity index (χ3v) is 6.29. The number of nitrogens with zero attached hydrogens (tertiary/aromatic N) is 4. The first-order valence-corrected chi connectivity index (χ1v) is 12.2. The number of rotatable bonds is 11. The topological polar surface area (TPSA) is 92.1 Å².